The van der Waals surface area contributed by atoms with Gasteiger partial charge in [0.1, 0.15) is 0 Å². The molecule has 0 saturated heterocycles. The van der Waals surface area contributed by atoms with Gasteiger partial charge in [-0.1, -0.05) is 44.2 Å². The first-order chi connectivity index (χ1) is 8.67. The van der Waals surface area contributed by atoms with Gasteiger partial charge >= 0.3 is 5.97 Å². The van der Waals surface area contributed by atoms with Crippen LogP contribution in [0, 0.1) is 0 Å². The zero-order chi connectivity index (χ0) is 13.4. The molecule has 1 aromatic rings. The maximum Gasteiger partial charge on any atom is 0.317 e. The van der Waals surface area contributed by atoms with Crippen LogP contribution >= 0.6 is 0 Å². The average molecular weight is 249 g/mol. The van der Waals surface area contributed by atoms with Gasteiger partial charge in [-0.2, -0.15) is 0 Å². The quantitative estimate of drug-likeness (QED) is 0.770. The summed E-state index contributed by atoms with van der Waals surface area (Å²) in [5.74, 6) is -0.330. The van der Waals surface area contributed by atoms with Gasteiger partial charge in [-0.15, -0.1) is 0 Å². The Morgan fingerprint density at radius 2 is 1.94 bits per heavy atom. The summed E-state index contributed by atoms with van der Waals surface area (Å²) in [6.45, 7) is 6.04. The summed E-state index contributed by atoms with van der Waals surface area (Å²) in [6, 6.07) is 10.3. The number of nitrogens with zero attached hydrogens (tertiary/aromatic N) is 1. The average Bonchev–Trinajstić information content (AvgIpc) is 2.36. The van der Waals surface area contributed by atoms with Crippen LogP contribution < -0.4 is 0 Å². The summed E-state index contributed by atoms with van der Waals surface area (Å²) >= 11 is 0. The van der Waals surface area contributed by atoms with Crippen molar-refractivity contribution in [1.82, 2.24) is 4.90 Å². The Morgan fingerprint density at radius 3 is 2.44 bits per heavy atom. The van der Waals surface area contributed by atoms with Gasteiger partial charge in [0, 0.05) is 6.54 Å². The van der Waals surface area contributed by atoms with E-state index in [9.17, 15) is 4.79 Å². The van der Waals surface area contributed by atoms with Crippen LogP contribution in [0.3, 0.4) is 0 Å². The third-order valence-electron chi connectivity index (χ3n) is 3.14. The molecule has 0 fully saturated rings. The Labute approximate surface area is 109 Å². The largest absolute Gasteiger partial charge is 0.480 e. The first-order valence-corrected chi connectivity index (χ1v) is 6.66. The van der Waals surface area contributed by atoms with Crippen LogP contribution in [0.2, 0.25) is 0 Å². The van der Waals surface area contributed by atoms with Crippen LogP contribution in [-0.4, -0.2) is 35.6 Å². The number of benzene rings is 1. The smallest absolute Gasteiger partial charge is 0.317 e. The monoisotopic (exact) mass is 249 g/mol. The number of hydrogen-bond acceptors (Lipinski definition) is 2. The van der Waals surface area contributed by atoms with Crippen LogP contribution in [-0.2, 0) is 4.79 Å². The SMILES string of the molecule is CCCN(CC(=O)O)CC(CC)c1ccccc1. The minimum Gasteiger partial charge on any atom is -0.480 e. The predicted octanol–water partition coefficient (Wildman–Crippen LogP) is 2.98. The van der Waals surface area contributed by atoms with Crippen molar-refractivity contribution in [3.63, 3.8) is 0 Å². The number of carbonyl (C=O) groups is 1. The van der Waals surface area contributed by atoms with E-state index in [4.69, 9.17) is 5.11 Å². The highest BCUT2D eigenvalue weighted by molar-refractivity contribution is 5.69. The van der Waals surface area contributed by atoms with E-state index in [1.165, 1.54) is 5.56 Å². The van der Waals surface area contributed by atoms with E-state index < -0.39 is 5.97 Å². The molecule has 1 unspecified atom stereocenters. The molecule has 0 bridgehead atoms. The van der Waals surface area contributed by atoms with Crippen LogP contribution in [0.4, 0.5) is 0 Å². The molecule has 1 aromatic carbocycles. The van der Waals surface area contributed by atoms with Gasteiger partial charge in [0.05, 0.1) is 6.54 Å². The molecule has 0 aliphatic heterocycles. The molecule has 1 atom stereocenters. The summed E-state index contributed by atoms with van der Waals surface area (Å²) in [5.41, 5.74) is 1.30. The standard InChI is InChI=1S/C15H23NO2/c1-3-10-16(12-15(17)18)11-13(4-2)14-8-6-5-7-9-14/h5-9,13H,3-4,10-12H2,1-2H3,(H,17,18). The molecule has 0 spiro atoms. The van der Waals surface area contributed by atoms with Gasteiger partial charge < -0.3 is 5.11 Å². The van der Waals surface area contributed by atoms with Gasteiger partial charge in [0.15, 0.2) is 0 Å². The molecule has 0 amide bonds. The van der Waals surface area contributed by atoms with E-state index in [1.807, 2.05) is 23.1 Å². The van der Waals surface area contributed by atoms with Crippen LogP contribution in [0.15, 0.2) is 30.3 Å². The van der Waals surface area contributed by atoms with Gasteiger partial charge in [-0.3, -0.25) is 9.69 Å². The van der Waals surface area contributed by atoms with Crippen molar-refractivity contribution in [3.05, 3.63) is 35.9 Å². The molecular weight excluding hydrogens is 226 g/mol. The lowest BCUT2D eigenvalue weighted by Gasteiger charge is -2.25. The summed E-state index contributed by atoms with van der Waals surface area (Å²) in [6.07, 6.45) is 2.02. The van der Waals surface area contributed by atoms with Gasteiger partial charge in [0.2, 0.25) is 0 Å². The van der Waals surface area contributed by atoms with Crippen molar-refractivity contribution < 1.29 is 9.90 Å². The van der Waals surface area contributed by atoms with E-state index in [0.717, 1.165) is 25.9 Å². The highest BCUT2D eigenvalue weighted by Crippen LogP contribution is 2.20. The Kier molecular flexibility index (Phi) is 6.44. The second-order valence-electron chi connectivity index (χ2n) is 4.64. The number of carboxylic acids is 1. The Balaban J connectivity index is 2.67. The molecule has 0 heterocycles. The second-order valence-corrected chi connectivity index (χ2v) is 4.64. The normalized spacial score (nSPS) is 12.6. The zero-order valence-corrected chi connectivity index (χ0v) is 11.3. The summed E-state index contributed by atoms with van der Waals surface area (Å²) in [4.78, 5) is 12.9. The lowest BCUT2D eigenvalue weighted by Crippen LogP contribution is -2.34. The van der Waals surface area contributed by atoms with Crippen molar-refractivity contribution in [3.8, 4) is 0 Å². The summed E-state index contributed by atoms with van der Waals surface area (Å²) in [5, 5.41) is 8.93. The summed E-state index contributed by atoms with van der Waals surface area (Å²) in [7, 11) is 0. The van der Waals surface area contributed by atoms with Crippen molar-refractivity contribution >= 4 is 5.97 Å². The van der Waals surface area contributed by atoms with E-state index in [-0.39, 0.29) is 6.54 Å². The Hall–Kier alpha value is -1.35. The minimum absolute atomic E-state index is 0.136. The van der Waals surface area contributed by atoms with E-state index in [0.29, 0.717) is 5.92 Å². The molecule has 0 aliphatic carbocycles. The molecule has 1 N–H and O–H groups in total. The maximum absolute atomic E-state index is 10.8. The van der Waals surface area contributed by atoms with Gasteiger partial charge in [-0.05, 0) is 30.9 Å². The molecule has 1 rings (SSSR count). The zero-order valence-electron chi connectivity index (χ0n) is 11.3. The number of carboxylic acid groups (broad SMARTS) is 1. The fourth-order valence-corrected chi connectivity index (χ4v) is 2.25. The summed E-state index contributed by atoms with van der Waals surface area (Å²) < 4.78 is 0. The lowest BCUT2D eigenvalue weighted by molar-refractivity contribution is -0.138. The molecule has 0 radical (unpaired) electrons. The molecule has 3 nitrogen and oxygen atoms in total. The van der Waals surface area contributed by atoms with Crippen molar-refractivity contribution in [2.24, 2.45) is 0 Å². The van der Waals surface area contributed by atoms with E-state index >= 15 is 0 Å². The van der Waals surface area contributed by atoms with Crippen LogP contribution in [0.25, 0.3) is 0 Å². The van der Waals surface area contributed by atoms with Crippen molar-refractivity contribution in [2.45, 2.75) is 32.6 Å². The first-order valence-electron chi connectivity index (χ1n) is 6.66. The van der Waals surface area contributed by atoms with Crippen LogP contribution in [0.5, 0.6) is 0 Å². The predicted molar refractivity (Wildman–Crippen MR) is 73.8 cm³/mol. The number of rotatable bonds is 8. The second kappa shape index (κ2) is 7.88. The molecule has 18 heavy (non-hydrogen) atoms. The lowest BCUT2D eigenvalue weighted by atomic mass is 9.96. The van der Waals surface area contributed by atoms with Crippen molar-refractivity contribution in [1.29, 1.82) is 0 Å². The third kappa shape index (κ3) is 4.88. The number of hydrogen-bond donors (Lipinski definition) is 1. The Morgan fingerprint density at radius 1 is 1.28 bits per heavy atom. The molecule has 0 aliphatic rings. The molecule has 100 valence electrons. The third-order valence-corrected chi connectivity index (χ3v) is 3.14. The van der Waals surface area contributed by atoms with Gasteiger partial charge in [-0.25, -0.2) is 0 Å². The first kappa shape index (κ1) is 14.7. The molecule has 3 heteroatoms. The molecule has 0 saturated carbocycles. The van der Waals surface area contributed by atoms with Gasteiger partial charge in [0.25, 0.3) is 0 Å². The maximum atomic E-state index is 10.8. The van der Waals surface area contributed by atoms with Crippen LogP contribution in [0.1, 0.15) is 38.2 Å². The minimum atomic E-state index is -0.744. The topological polar surface area (TPSA) is 40.5 Å². The fraction of sp³-hybridized carbons (Fsp3) is 0.533. The van der Waals surface area contributed by atoms with E-state index in [1.54, 1.807) is 0 Å². The molecular formula is C15H23NO2. The fourth-order valence-electron chi connectivity index (χ4n) is 2.25. The highest BCUT2D eigenvalue weighted by atomic mass is 16.4. The van der Waals surface area contributed by atoms with E-state index in [2.05, 4.69) is 26.0 Å². The Bertz CT molecular complexity index is 351. The van der Waals surface area contributed by atoms with Crippen molar-refractivity contribution in [2.75, 3.05) is 19.6 Å². The highest BCUT2D eigenvalue weighted by Gasteiger charge is 2.15. The number of aliphatic carboxylic acids is 1. The molecule has 0 aromatic heterocycles.